The van der Waals surface area contributed by atoms with Crippen molar-refractivity contribution in [1.82, 2.24) is 4.90 Å². The third kappa shape index (κ3) is 5.06. The van der Waals surface area contributed by atoms with Crippen molar-refractivity contribution in [1.29, 1.82) is 0 Å². The number of aliphatic hydroxyl groups is 1. The number of halogens is 2. The van der Waals surface area contributed by atoms with Gasteiger partial charge in [-0.3, -0.25) is 0 Å². The molecule has 1 aliphatic rings. The first-order valence-corrected chi connectivity index (χ1v) is 8.95. The minimum absolute atomic E-state index is 0.0391. The fourth-order valence-corrected chi connectivity index (χ4v) is 3.60. The summed E-state index contributed by atoms with van der Waals surface area (Å²) in [6.45, 7) is 1.16. The van der Waals surface area contributed by atoms with E-state index in [4.69, 9.17) is 21.4 Å². The molecule has 2 N–H and O–H groups in total. The molecule has 2 rings (SSSR count). The molecule has 25 heavy (non-hydrogen) atoms. The molecule has 1 amide bonds. The number of ether oxygens (including phenoxy) is 1. The van der Waals surface area contributed by atoms with Gasteiger partial charge in [-0.1, -0.05) is 30.2 Å². The second-order valence-corrected chi connectivity index (χ2v) is 6.98. The number of hydrogen-bond donors (Lipinski definition) is 2. The smallest absolute Gasteiger partial charge is 0.407 e. The highest BCUT2D eigenvalue weighted by Crippen LogP contribution is 2.33. The Morgan fingerprint density at radius 2 is 2.24 bits per heavy atom. The minimum atomic E-state index is -1.71. The molecule has 140 valence electrons. The predicted octanol–water partition coefficient (Wildman–Crippen LogP) is 4.22. The van der Waals surface area contributed by atoms with E-state index < -0.39 is 17.7 Å². The fraction of sp³-hybridized carbons (Fsp3) is 0.611. The molecule has 0 radical (unpaired) electrons. The van der Waals surface area contributed by atoms with Crippen LogP contribution in [0.5, 0.6) is 0 Å². The molecule has 0 bridgehead atoms. The highest BCUT2D eigenvalue weighted by atomic mass is 35.5. The first-order valence-electron chi connectivity index (χ1n) is 8.57. The zero-order valence-electron chi connectivity index (χ0n) is 14.4. The van der Waals surface area contributed by atoms with Crippen molar-refractivity contribution >= 4 is 17.7 Å². The van der Waals surface area contributed by atoms with Crippen molar-refractivity contribution < 1.29 is 24.1 Å². The second-order valence-electron chi connectivity index (χ2n) is 6.57. The average molecular weight is 374 g/mol. The van der Waals surface area contributed by atoms with Crippen LogP contribution in [0.15, 0.2) is 18.2 Å². The zero-order valence-corrected chi connectivity index (χ0v) is 15.1. The minimum Gasteiger partial charge on any atom is -0.465 e. The quantitative estimate of drug-likeness (QED) is 0.554. The number of amides is 1. The van der Waals surface area contributed by atoms with E-state index in [2.05, 4.69) is 0 Å². The molecule has 1 saturated heterocycles. The van der Waals surface area contributed by atoms with Crippen molar-refractivity contribution in [2.45, 2.75) is 44.3 Å². The van der Waals surface area contributed by atoms with Crippen LogP contribution < -0.4 is 0 Å². The van der Waals surface area contributed by atoms with Gasteiger partial charge in [0.1, 0.15) is 5.82 Å². The van der Waals surface area contributed by atoms with Gasteiger partial charge in [-0.15, -0.1) is 0 Å². The number of nitrogens with zero attached hydrogens (tertiary/aromatic N) is 1. The van der Waals surface area contributed by atoms with Crippen LogP contribution in [0.2, 0.25) is 5.02 Å². The average Bonchev–Trinajstić information content (AvgIpc) is 2.61. The van der Waals surface area contributed by atoms with Crippen LogP contribution in [-0.4, -0.2) is 41.4 Å². The van der Waals surface area contributed by atoms with E-state index >= 15 is 0 Å². The van der Waals surface area contributed by atoms with Crippen LogP contribution in [0.4, 0.5) is 9.18 Å². The van der Waals surface area contributed by atoms with Crippen molar-refractivity contribution in [3.63, 3.8) is 0 Å². The Kier molecular flexibility index (Phi) is 7.04. The lowest BCUT2D eigenvalue weighted by atomic mass is 9.91. The molecular formula is C18H25ClFNO4. The fourth-order valence-electron chi connectivity index (χ4n) is 3.42. The van der Waals surface area contributed by atoms with E-state index in [0.29, 0.717) is 25.4 Å². The Morgan fingerprint density at radius 1 is 1.48 bits per heavy atom. The molecule has 2 atom stereocenters. The van der Waals surface area contributed by atoms with Crippen LogP contribution in [-0.2, 0) is 10.5 Å². The second kappa shape index (κ2) is 8.83. The highest BCUT2D eigenvalue weighted by Gasteiger charge is 2.32. The highest BCUT2D eigenvalue weighted by molar-refractivity contribution is 6.30. The van der Waals surface area contributed by atoms with Crippen LogP contribution >= 0.6 is 11.6 Å². The van der Waals surface area contributed by atoms with Gasteiger partial charge < -0.3 is 19.8 Å². The Labute approximate surface area is 152 Å². The molecule has 1 fully saturated rings. The number of methoxy groups -OCH3 is 1. The topological polar surface area (TPSA) is 70.0 Å². The molecule has 0 spiro atoms. The van der Waals surface area contributed by atoms with Crippen LogP contribution in [0.25, 0.3) is 0 Å². The Hall–Kier alpha value is -1.37. The van der Waals surface area contributed by atoms with E-state index in [1.807, 2.05) is 0 Å². The molecule has 1 aromatic rings. The summed E-state index contributed by atoms with van der Waals surface area (Å²) in [5, 5.41) is 19.7. The van der Waals surface area contributed by atoms with Gasteiger partial charge in [0.15, 0.2) is 5.79 Å². The summed E-state index contributed by atoms with van der Waals surface area (Å²) < 4.78 is 19.3. The number of carboxylic acid groups (broad SMARTS) is 1. The lowest BCUT2D eigenvalue weighted by Crippen LogP contribution is -2.39. The Balaban J connectivity index is 1.86. The van der Waals surface area contributed by atoms with Gasteiger partial charge in [-0.25, -0.2) is 9.18 Å². The SMILES string of the molecule is COC(O)(CCCCC1CCCN(C(=O)O)C1)c1cccc(Cl)c1F. The molecule has 0 aliphatic carbocycles. The Morgan fingerprint density at radius 3 is 2.92 bits per heavy atom. The van der Waals surface area contributed by atoms with Crippen LogP contribution in [0.3, 0.4) is 0 Å². The van der Waals surface area contributed by atoms with Crippen molar-refractivity contribution in [3.8, 4) is 0 Å². The Bertz CT molecular complexity index is 600. The summed E-state index contributed by atoms with van der Waals surface area (Å²) in [5.41, 5.74) is 0.0391. The maximum Gasteiger partial charge on any atom is 0.407 e. The van der Waals surface area contributed by atoms with Crippen molar-refractivity contribution in [2.24, 2.45) is 5.92 Å². The van der Waals surface area contributed by atoms with Crippen LogP contribution in [0, 0.1) is 11.7 Å². The molecule has 1 heterocycles. The van der Waals surface area contributed by atoms with Crippen LogP contribution in [0.1, 0.15) is 44.1 Å². The number of piperidine rings is 1. The summed E-state index contributed by atoms with van der Waals surface area (Å²) in [6.07, 6.45) is 3.60. The van der Waals surface area contributed by atoms with Gasteiger partial charge in [0.05, 0.1) is 5.02 Å². The van der Waals surface area contributed by atoms with E-state index in [0.717, 1.165) is 25.7 Å². The molecular weight excluding hydrogens is 349 g/mol. The monoisotopic (exact) mass is 373 g/mol. The summed E-state index contributed by atoms with van der Waals surface area (Å²) in [7, 11) is 1.34. The van der Waals surface area contributed by atoms with Gasteiger partial charge in [-0.05, 0) is 37.7 Å². The van der Waals surface area contributed by atoms with Gasteiger partial charge in [0.2, 0.25) is 0 Å². The van der Waals surface area contributed by atoms with Gasteiger partial charge in [-0.2, -0.15) is 0 Å². The maximum absolute atomic E-state index is 14.2. The number of benzene rings is 1. The lowest BCUT2D eigenvalue weighted by Gasteiger charge is -2.31. The molecule has 0 aromatic heterocycles. The maximum atomic E-state index is 14.2. The van der Waals surface area contributed by atoms with E-state index in [1.54, 1.807) is 6.07 Å². The number of carbonyl (C=O) groups is 1. The third-order valence-corrected chi connectivity index (χ3v) is 5.17. The summed E-state index contributed by atoms with van der Waals surface area (Å²) in [4.78, 5) is 12.5. The third-order valence-electron chi connectivity index (χ3n) is 4.88. The first kappa shape index (κ1) is 19.9. The summed E-state index contributed by atoms with van der Waals surface area (Å²) in [5.74, 6) is -2.05. The molecule has 1 aliphatic heterocycles. The first-order chi connectivity index (χ1) is 11.9. The van der Waals surface area contributed by atoms with E-state index in [-0.39, 0.29) is 17.0 Å². The van der Waals surface area contributed by atoms with Crippen molar-refractivity contribution in [2.75, 3.05) is 20.2 Å². The largest absolute Gasteiger partial charge is 0.465 e. The molecule has 5 nitrogen and oxygen atoms in total. The van der Waals surface area contributed by atoms with Gasteiger partial charge >= 0.3 is 6.09 Å². The lowest BCUT2D eigenvalue weighted by molar-refractivity contribution is -0.201. The van der Waals surface area contributed by atoms with E-state index in [1.165, 1.54) is 24.1 Å². The summed E-state index contributed by atoms with van der Waals surface area (Å²) in [6, 6.07) is 4.47. The number of likely N-dealkylation sites (tertiary alicyclic amines) is 1. The molecule has 7 heteroatoms. The summed E-state index contributed by atoms with van der Waals surface area (Å²) >= 11 is 5.78. The number of rotatable bonds is 7. The van der Waals surface area contributed by atoms with Gasteiger partial charge in [0.25, 0.3) is 0 Å². The standard InChI is InChI=1S/C18H25ClFNO4/c1-25-18(24,14-8-4-9-15(19)16(14)20)10-3-2-6-13-7-5-11-21(12-13)17(22)23/h4,8-9,13,24H,2-3,5-7,10-12H2,1H3,(H,22,23). The molecule has 1 aromatic carbocycles. The zero-order chi connectivity index (χ0) is 18.4. The van der Waals surface area contributed by atoms with Crippen molar-refractivity contribution in [3.05, 3.63) is 34.6 Å². The van der Waals surface area contributed by atoms with Gasteiger partial charge in [0, 0.05) is 32.2 Å². The normalized spacial score (nSPS) is 20.3. The van der Waals surface area contributed by atoms with E-state index in [9.17, 15) is 14.3 Å². The predicted molar refractivity (Wildman–Crippen MR) is 93.1 cm³/mol. The number of unbranched alkanes of at least 4 members (excludes halogenated alkanes) is 1. The molecule has 0 saturated carbocycles. The number of hydrogen-bond acceptors (Lipinski definition) is 3. The molecule has 2 unspecified atom stereocenters.